The molecule has 80 valence electrons. The molecular formula is C10H6Cl2N4. The summed E-state index contributed by atoms with van der Waals surface area (Å²) >= 11 is 11.9. The average Bonchev–Trinajstić information content (AvgIpc) is 2.60. The van der Waals surface area contributed by atoms with Crippen LogP contribution in [0, 0.1) is 6.92 Å². The normalized spacial score (nSPS) is 11.4. The Morgan fingerprint density at radius 3 is 2.81 bits per heavy atom. The largest absolute Gasteiger partial charge is 0.226 e. The van der Waals surface area contributed by atoms with E-state index in [2.05, 4.69) is 15.1 Å². The molecule has 0 radical (unpaired) electrons. The van der Waals surface area contributed by atoms with E-state index in [9.17, 15) is 0 Å². The number of benzene rings is 1. The van der Waals surface area contributed by atoms with Crippen LogP contribution in [0.3, 0.4) is 0 Å². The molecule has 0 saturated heterocycles. The van der Waals surface area contributed by atoms with Crippen molar-refractivity contribution in [2.24, 2.45) is 0 Å². The molecule has 0 aliphatic carbocycles. The fourth-order valence-corrected chi connectivity index (χ4v) is 2.03. The van der Waals surface area contributed by atoms with Crippen molar-refractivity contribution >= 4 is 39.8 Å². The first-order chi connectivity index (χ1) is 7.65. The summed E-state index contributed by atoms with van der Waals surface area (Å²) in [6.45, 7) is 1.81. The smallest absolute Gasteiger partial charge is 0.218 e. The molecule has 16 heavy (non-hydrogen) atoms. The molecule has 0 fully saturated rings. The van der Waals surface area contributed by atoms with Crippen LogP contribution in [0.1, 0.15) is 5.82 Å². The molecule has 0 aliphatic rings. The predicted molar refractivity (Wildman–Crippen MR) is 63.0 cm³/mol. The maximum absolute atomic E-state index is 6.01. The first-order valence-electron chi connectivity index (χ1n) is 4.63. The maximum atomic E-state index is 6.01. The molecule has 3 aromatic rings. The summed E-state index contributed by atoms with van der Waals surface area (Å²) in [5, 5.41) is 5.95. The number of aromatic nitrogens is 4. The van der Waals surface area contributed by atoms with Gasteiger partial charge in [-0.15, -0.1) is 5.10 Å². The van der Waals surface area contributed by atoms with Gasteiger partial charge in [-0.2, -0.15) is 4.52 Å². The molecule has 0 spiro atoms. The van der Waals surface area contributed by atoms with Crippen molar-refractivity contribution in [1.29, 1.82) is 0 Å². The Balaban J connectivity index is 2.57. The van der Waals surface area contributed by atoms with Crippen molar-refractivity contribution < 1.29 is 0 Å². The Morgan fingerprint density at radius 1 is 1.19 bits per heavy atom. The molecule has 6 heteroatoms. The highest BCUT2D eigenvalue weighted by Gasteiger charge is 2.10. The lowest BCUT2D eigenvalue weighted by Crippen LogP contribution is -1.94. The number of hydrogen-bond acceptors (Lipinski definition) is 3. The van der Waals surface area contributed by atoms with Crippen LogP contribution in [0.2, 0.25) is 10.3 Å². The van der Waals surface area contributed by atoms with E-state index in [1.54, 1.807) is 12.1 Å². The minimum Gasteiger partial charge on any atom is -0.218 e. The molecule has 0 bridgehead atoms. The zero-order valence-corrected chi connectivity index (χ0v) is 9.79. The highest BCUT2D eigenvalue weighted by Crippen LogP contribution is 2.23. The van der Waals surface area contributed by atoms with Gasteiger partial charge in [0.15, 0.2) is 5.65 Å². The van der Waals surface area contributed by atoms with Crippen molar-refractivity contribution in [1.82, 2.24) is 19.6 Å². The van der Waals surface area contributed by atoms with Gasteiger partial charge >= 0.3 is 0 Å². The van der Waals surface area contributed by atoms with E-state index < -0.39 is 0 Å². The van der Waals surface area contributed by atoms with E-state index in [1.807, 2.05) is 13.0 Å². The zero-order valence-electron chi connectivity index (χ0n) is 8.28. The average molecular weight is 253 g/mol. The van der Waals surface area contributed by atoms with Crippen molar-refractivity contribution in [3.8, 4) is 0 Å². The monoisotopic (exact) mass is 252 g/mol. The number of rotatable bonds is 0. The standard InChI is InChI=1S/C10H6Cl2N4/c1-5-13-9-7-3-2-6(11)4-8(7)14-10(12)16(9)15-5/h2-4H,1H3. The van der Waals surface area contributed by atoms with Gasteiger partial charge < -0.3 is 0 Å². The fourth-order valence-electron chi connectivity index (χ4n) is 1.65. The van der Waals surface area contributed by atoms with Gasteiger partial charge in [-0.05, 0) is 36.7 Å². The fraction of sp³-hybridized carbons (Fsp3) is 0.100. The molecule has 0 aliphatic heterocycles. The molecule has 0 N–H and O–H groups in total. The van der Waals surface area contributed by atoms with Gasteiger partial charge in [0.1, 0.15) is 5.82 Å². The molecule has 0 unspecified atom stereocenters. The lowest BCUT2D eigenvalue weighted by Gasteiger charge is -2.01. The molecule has 2 aromatic heterocycles. The third-order valence-electron chi connectivity index (χ3n) is 2.30. The van der Waals surface area contributed by atoms with E-state index in [0.29, 0.717) is 16.5 Å². The summed E-state index contributed by atoms with van der Waals surface area (Å²) in [6.07, 6.45) is 0. The Bertz CT molecular complexity index is 705. The summed E-state index contributed by atoms with van der Waals surface area (Å²) in [5.74, 6) is 0.658. The first-order valence-corrected chi connectivity index (χ1v) is 5.39. The van der Waals surface area contributed by atoms with Crippen LogP contribution in [-0.4, -0.2) is 19.6 Å². The number of hydrogen-bond donors (Lipinski definition) is 0. The van der Waals surface area contributed by atoms with E-state index in [-0.39, 0.29) is 5.28 Å². The van der Waals surface area contributed by atoms with Crippen molar-refractivity contribution in [3.63, 3.8) is 0 Å². The van der Waals surface area contributed by atoms with Gasteiger partial charge in [0, 0.05) is 10.4 Å². The highest BCUT2D eigenvalue weighted by molar-refractivity contribution is 6.31. The Hall–Kier alpha value is -1.39. The Labute approximate surface area is 101 Å². The number of halogens is 2. The van der Waals surface area contributed by atoms with Gasteiger partial charge in [-0.1, -0.05) is 11.6 Å². The van der Waals surface area contributed by atoms with Gasteiger partial charge in [-0.25, -0.2) is 9.97 Å². The molecule has 0 atom stereocenters. The van der Waals surface area contributed by atoms with E-state index >= 15 is 0 Å². The van der Waals surface area contributed by atoms with Gasteiger partial charge in [0.25, 0.3) is 0 Å². The Morgan fingerprint density at radius 2 is 2.00 bits per heavy atom. The molecular weight excluding hydrogens is 247 g/mol. The summed E-state index contributed by atoms with van der Waals surface area (Å²) in [4.78, 5) is 8.54. The van der Waals surface area contributed by atoms with Crippen LogP contribution in [0.4, 0.5) is 0 Å². The SMILES string of the molecule is Cc1nc2c3ccc(Cl)cc3nc(Cl)n2n1. The lowest BCUT2D eigenvalue weighted by molar-refractivity contribution is 0.909. The highest BCUT2D eigenvalue weighted by atomic mass is 35.5. The lowest BCUT2D eigenvalue weighted by atomic mass is 10.2. The number of fused-ring (bicyclic) bond motifs is 3. The van der Waals surface area contributed by atoms with Crippen molar-refractivity contribution in [2.45, 2.75) is 6.92 Å². The van der Waals surface area contributed by atoms with Gasteiger partial charge in [-0.3, -0.25) is 0 Å². The summed E-state index contributed by atoms with van der Waals surface area (Å²) < 4.78 is 1.52. The third-order valence-corrected chi connectivity index (χ3v) is 2.78. The molecule has 2 heterocycles. The summed E-state index contributed by atoms with van der Waals surface area (Å²) in [7, 11) is 0. The first kappa shape index (κ1) is 9.81. The minimum atomic E-state index is 0.283. The second kappa shape index (κ2) is 3.30. The van der Waals surface area contributed by atoms with Crippen LogP contribution in [0.5, 0.6) is 0 Å². The second-order valence-electron chi connectivity index (χ2n) is 3.44. The molecule has 4 nitrogen and oxygen atoms in total. The number of aryl methyl sites for hydroxylation is 1. The molecule has 0 saturated carbocycles. The molecule has 1 aromatic carbocycles. The Kier molecular flexibility index (Phi) is 2.02. The van der Waals surface area contributed by atoms with Crippen LogP contribution in [0.25, 0.3) is 16.6 Å². The topological polar surface area (TPSA) is 43.1 Å². The van der Waals surface area contributed by atoms with Crippen LogP contribution in [0.15, 0.2) is 18.2 Å². The summed E-state index contributed by atoms with van der Waals surface area (Å²) in [6, 6.07) is 5.42. The number of nitrogens with zero attached hydrogens (tertiary/aromatic N) is 4. The zero-order chi connectivity index (χ0) is 11.3. The van der Waals surface area contributed by atoms with E-state index in [4.69, 9.17) is 23.2 Å². The van der Waals surface area contributed by atoms with Crippen LogP contribution in [-0.2, 0) is 0 Å². The minimum absolute atomic E-state index is 0.283. The van der Waals surface area contributed by atoms with Crippen molar-refractivity contribution in [3.05, 3.63) is 34.3 Å². The second-order valence-corrected chi connectivity index (χ2v) is 4.21. The van der Waals surface area contributed by atoms with Gasteiger partial charge in [0.2, 0.25) is 5.28 Å². The predicted octanol–water partition coefficient (Wildman–Crippen LogP) is 2.89. The van der Waals surface area contributed by atoms with Crippen molar-refractivity contribution in [2.75, 3.05) is 0 Å². The third kappa shape index (κ3) is 1.34. The van der Waals surface area contributed by atoms with Gasteiger partial charge in [0.05, 0.1) is 5.52 Å². The van der Waals surface area contributed by atoms with E-state index in [1.165, 1.54) is 4.52 Å². The quantitative estimate of drug-likeness (QED) is 0.578. The van der Waals surface area contributed by atoms with E-state index in [0.717, 1.165) is 10.9 Å². The van der Waals surface area contributed by atoms with Crippen LogP contribution >= 0.6 is 23.2 Å². The molecule has 3 rings (SSSR count). The maximum Gasteiger partial charge on any atom is 0.226 e. The molecule has 0 amide bonds. The van der Waals surface area contributed by atoms with Crippen LogP contribution < -0.4 is 0 Å². The summed E-state index contributed by atoms with van der Waals surface area (Å²) in [5.41, 5.74) is 1.42.